The number of non-ortho nitro benzene ring substituents is 1. The van der Waals surface area contributed by atoms with Gasteiger partial charge >= 0.3 is 0 Å². The van der Waals surface area contributed by atoms with Crippen molar-refractivity contribution in [2.24, 2.45) is 0 Å². The summed E-state index contributed by atoms with van der Waals surface area (Å²) in [4.78, 5) is 14.4. The van der Waals surface area contributed by atoms with Crippen LogP contribution in [0.1, 0.15) is 6.92 Å². The zero-order valence-electron chi connectivity index (χ0n) is 10.9. The van der Waals surface area contributed by atoms with E-state index < -0.39 is 10.7 Å². The molecule has 0 saturated heterocycles. The molecule has 0 atom stereocenters. The van der Waals surface area contributed by atoms with E-state index in [2.05, 4.69) is 10.3 Å². The predicted octanol–water partition coefficient (Wildman–Crippen LogP) is 2.73. The number of aromatic nitrogens is 1. The Hall–Kier alpha value is -2.28. The van der Waals surface area contributed by atoms with E-state index in [9.17, 15) is 14.5 Å². The number of nitrogens with zero attached hydrogens (tertiary/aromatic N) is 2. The molecule has 1 heterocycles. The number of nitrogens with one attached hydrogen (secondary N) is 1. The minimum absolute atomic E-state index is 0.158. The number of halogens is 1. The number of pyridine rings is 1. The van der Waals surface area contributed by atoms with Gasteiger partial charge in [0.05, 0.1) is 28.7 Å². The first-order valence-corrected chi connectivity index (χ1v) is 6.18. The molecular weight excluding hydrogens is 265 g/mol. The van der Waals surface area contributed by atoms with Gasteiger partial charge in [0.2, 0.25) is 0 Å². The summed E-state index contributed by atoms with van der Waals surface area (Å²) >= 11 is 0. The number of nitro benzene ring substituents is 1. The van der Waals surface area contributed by atoms with Gasteiger partial charge in [0.1, 0.15) is 5.52 Å². The number of anilines is 1. The molecule has 1 aromatic carbocycles. The molecule has 0 aliphatic rings. The van der Waals surface area contributed by atoms with Gasteiger partial charge in [-0.3, -0.25) is 15.1 Å². The maximum absolute atomic E-state index is 14.0. The third-order valence-corrected chi connectivity index (χ3v) is 2.77. The molecule has 0 aliphatic carbocycles. The van der Waals surface area contributed by atoms with Crippen molar-refractivity contribution in [2.45, 2.75) is 6.92 Å². The van der Waals surface area contributed by atoms with Crippen molar-refractivity contribution in [2.75, 3.05) is 25.1 Å². The third kappa shape index (κ3) is 2.83. The lowest BCUT2D eigenvalue weighted by atomic mass is 10.1. The van der Waals surface area contributed by atoms with Crippen molar-refractivity contribution in [3.05, 3.63) is 40.3 Å². The normalized spacial score (nSPS) is 10.7. The van der Waals surface area contributed by atoms with E-state index in [-0.39, 0.29) is 16.9 Å². The fourth-order valence-electron chi connectivity index (χ4n) is 1.91. The van der Waals surface area contributed by atoms with E-state index in [1.54, 1.807) is 12.1 Å². The highest BCUT2D eigenvalue weighted by Crippen LogP contribution is 2.32. The lowest BCUT2D eigenvalue weighted by Crippen LogP contribution is -2.11. The molecule has 2 aromatic rings. The van der Waals surface area contributed by atoms with Crippen LogP contribution in [0.5, 0.6) is 0 Å². The Balaban J connectivity index is 2.42. The van der Waals surface area contributed by atoms with Crippen molar-refractivity contribution in [1.29, 1.82) is 0 Å². The highest BCUT2D eigenvalue weighted by atomic mass is 19.1. The van der Waals surface area contributed by atoms with Gasteiger partial charge in [-0.1, -0.05) is 0 Å². The molecule has 0 bridgehead atoms. The van der Waals surface area contributed by atoms with Gasteiger partial charge in [0, 0.05) is 19.3 Å². The molecule has 0 saturated carbocycles. The van der Waals surface area contributed by atoms with Gasteiger partial charge in [0.15, 0.2) is 5.82 Å². The fourth-order valence-corrected chi connectivity index (χ4v) is 1.91. The monoisotopic (exact) mass is 279 g/mol. The molecule has 0 radical (unpaired) electrons. The molecule has 0 fully saturated rings. The number of hydrogen-bond donors (Lipinski definition) is 1. The summed E-state index contributed by atoms with van der Waals surface area (Å²) in [5, 5.41) is 14.1. The molecule has 106 valence electrons. The highest BCUT2D eigenvalue weighted by Gasteiger charge is 2.19. The molecular formula is C13H14FN3O3. The number of rotatable bonds is 6. The highest BCUT2D eigenvalue weighted by molar-refractivity contribution is 5.97. The first-order chi connectivity index (χ1) is 9.65. The van der Waals surface area contributed by atoms with Crippen LogP contribution in [-0.4, -0.2) is 29.7 Å². The number of hydrogen-bond acceptors (Lipinski definition) is 5. The Labute approximate surface area is 114 Å². The fraction of sp³-hybridized carbons (Fsp3) is 0.308. The maximum atomic E-state index is 14.0. The summed E-state index contributed by atoms with van der Waals surface area (Å²) in [5.41, 5.74) is 0.113. The van der Waals surface area contributed by atoms with Crippen LogP contribution in [0.15, 0.2) is 24.4 Å². The minimum atomic E-state index is -0.695. The second kappa shape index (κ2) is 6.25. The SMILES string of the molecule is CCOCCNc1c(F)cc([N+](=O)[O-])c2cccnc12. The molecule has 7 heteroatoms. The molecule has 1 aromatic heterocycles. The van der Waals surface area contributed by atoms with Gasteiger partial charge in [0.25, 0.3) is 5.69 Å². The Bertz CT molecular complexity index is 634. The first-order valence-electron chi connectivity index (χ1n) is 6.18. The van der Waals surface area contributed by atoms with Crippen LogP contribution >= 0.6 is 0 Å². The summed E-state index contributed by atoms with van der Waals surface area (Å²) in [6.45, 7) is 3.25. The summed E-state index contributed by atoms with van der Waals surface area (Å²) in [5.74, 6) is -0.695. The molecule has 0 spiro atoms. The van der Waals surface area contributed by atoms with Crippen molar-refractivity contribution in [3.63, 3.8) is 0 Å². The van der Waals surface area contributed by atoms with Crippen LogP contribution in [0.4, 0.5) is 15.8 Å². The molecule has 0 aliphatic heterocycles. The predicted molar refractivity (Wildman–Crippen MR) is 73.3 cm³/mol. The van der Waals surface area contributed by atoms with E-state index in [0.717, 1.165) is 6.07 Å². The van der Waals surface area contributed by atoms with Gasteiger partial charge in [-0.2, -0.15) is 0 Å². The van der Waals surface area contributed by atoms with E-state index in [0.29, 0.717) is 25.1 Å². The van der Waals surface area contributed by atoms with Crippen LogP contribution in [0.3, 0.4) is 0 Å². The average molecular weight is 279 g/mol. The number of nitro groups is 1. The quantitative estimate of drug-likeness (QED) is 0.500. The molecule has 20 heavy (non-hydrogen) atoms. The summed E-state index contributed by atoms with van der Waals surface area (Å²) in [6.07, 6.45) is 1.47. The van der Waals surface area contributed by atoms with E-state index in [4.69, 9.17) is 4.74 Å². The van der Waals surface area contributed by atoms with Crippen molar-refractivity contribution in [1.82, 2.24) is 4.98 Å². The van der Waals surface area contributed by atoms with Crippen molar-refractivity contribution in [3.8, 4) is 0 Å². The van der Waals surface area contributed by atoms with Crippen LogP contribution < -0.4 is 5.32 Å². The van der Waals surface area contributed by atoms with Gasteiger partial charge in [-0.25, -0.2) is 4.39 Å². The standard InChI is InChI=1S/C13H14FN3O3/c1-2-20-7-6-16-13-10(14)8-11(17(18)19)9-4-3-5-15-12(9)13/h3-5,8,16H,2,6-7H2,1H3. The lowest BCUT2D eigenvalue weighted by Gasteiger charge is -2.10. The van der Waals surface area contributed by atoms with E-state index in [1.807, 2.05) is 6.92 Å². The van der Waals surface area contributed by atoms with Crippen LogP contribution in [0, 0.1) is 15.9 Å². The summed E-state index contributed by atoms with van der Waals surface area (Å²) in [7, 11) is 0. The Kier molecular flexibility index (Phi) is 4.41. The summed E-state index contributed by atoms with van der Waals surface area (Å²) in [6, 6.07) is 4.04. The van der Waals surface area contributed by atoms with E-state index >= 15 is 0 Å². The topological polar surface area (TPSA) is 77.3 Å². The maximum Gasteiger partial charge on any atom is 0.281 e. The molecule has 0 amide bonds. The van der Waals surface area contributed by atoms with Gasteiger partial charge in [-0.15, -0.1) is 0 Å². The minimum Gasteiger partial charge on any atom is -0.380 e. The van der Waals surface area contributed by atoms with Crippen LogP contribution in [0.2, 0.25) is 0 Å². The third-order valence-electron chi connectivity index (χ3n) is 2.77. The van der Waals surface area contributed by atoms with E-state index in [1.165, 1.54) is 6.20 Å². The molecule has 2 rings (SSSR count). The lowest BCUT2D eigenvalue weighted by molar-refractivity contribution is -0.383. The number of ether oxygens (including phenoxy) is 1. The number of fused-ring (bicyclic) bond motifs is 1. The second-order valence-electron chi connectivity index (χ2n) is 4.03. The zero-order chi connectivity index (χ0) is 14.5. The first kappa shape index (κ1) is 14.1. The van der Waals surface area contributed by atoms with Crippen LogP contribution in [-0.2, 0) is 4.74 Å². The summed E-state index contributed by atoms with van der Waals surface area (Å²) < 4.78 is 19.2. The Morgan fingerprint density at radius 3 is 3.05 bits per heavy atom. The van der Waals surface area contributed by atoms with Crippen molar-refractivity contribution < 1.29 is 14.1 Å². The Morgan fingerprint density at radius 1 is 1.55 bits per heavy atom. The average Bonchev–Trinajstić information content (AvgIpc) is 2.44. The van der Waals surface area contributed by atoms with Crippen LogP contribution in [0.25, 0.3) is 10.9 Å². The second-order valence-corrected chi connectivity index (χ2v) is 4.03. The van der Waals surface area contributed by atoms with Gasteiger partial charge < -0.3 is 10.1 Å². The zero-order valence-corrected chi connectivity index (χ0v) is 10.9. The molecule has 6 nitrogen and oxygen atoms in total. The molecule has 0 unspecified atom stereocenters. The smallest absolute Gasteiger partial charge is 0.281 e. The van der Waals surface area contributed by atoms with Crippen molar-refractivity contribution >= 4 is 22.3 Å². The largest absolute Gasteiger partial charge is 0.380 e. The van der Waals surface area contributed by atoms with Gasteiger partial charge in [-0.05, 0) is 19.1 Å². The number of benzene rings is 1. The molecule has 1 N–H and O–H groups in total. The Morgan fingerprint density at radius 2 is 2.35 bits per heavy atom.